The molecule has 0 saturated heterocycles. The molecule has 2 heteroatoms. The minimum atomic E-state index is -0.802. The second kappa shape index (κ2) is 6.51. The fourth-order valence-electron chi connectivity index (χ4n) is 3.19. The topological polar surface area (TPSA) is 20.2 Å². The van der Waals surface area contributed by atoms with E-state index in [0.29, 0.717) is 0 Å². The first kappa shape index (κ1) is 14.5. The van der Waals surface area contributed by atoms with Crippen molar-refractivity contribution in [1.29, 1.82) is 0 Å². The first-order valence-electron chi connectivity index (χ1n) is 7.62. The standard InChI is InChI=1S/C17H25FO/c1-2-3-4-6-14-9-11-17(19,12-10-14)15-7-5-8-16(18)13-15/h5,7-8,13-14,19H,2-4,6,9-12H2,1H3. The molecule has 1 aromatic carbocycles. The van der Waals surface area contributed by atoms with Crippen LogP contribution in [0.1, 0.15) is 63.9 Å². The summed E-state index contributed by atoms with van der Waals surface area (Å²) in [5, 5.41) is 10.7. The van der Waals surface area contributed by atoms with Crippen molar-refractivity contribution in [3.05, 3.63) is 35.6 Å². The summed E-state index contributed by atoms with van der Waals surface area (Å²) in [4.78, 5) is 0. The minimum absolute atomic E-state index is 0.254. The number of halogens is 1. The van der Waals surface area contributed by atoms with Crippen molar-refractivity contribution in [2.45, 2.75) is 63.9 Å². The van der Waals surface area contributed by atoms with Crippen molar-refractivity contribution in [1.82, 2.24) is 0 Å². The Morgan fingerprint density at radius 3 is 2.63 bits per heavy atom. The number of benzene rings is 1. The summed E-state index contributed by atoms with van der Waals surface area (Å²) in [6, 6.07) is 6.46. The highest BCUT2D eigenvalue weighted by Crippen LogP contribution is 2.41. The smallest absolute Gasteiger partial charge is 0.123 e. The van der Waals surface area contributed by atoms with Gasteiger partial charge >= 0.3 is 0 Å². The molecule has 1 nitrogen and oxygen atoms in total. The number of hydrogen-bond acceptors (Lipinski definition) is 1. The first-order chi connectivity index (χ1) is 9.14. The fraction of sp³-hybridized carbons (Fsp3) is 0.647. The lowest BCUT2D eigenvalue weighted by Crippen LogP contribution is -2.31. The predicted molar refractivity (Wildman–Crippen MR) is 76.4 cm³/mol. The second-order valence-corrected chi connectivity index (χ2v) is 5.98. The first-order valence-corrected chi connectivity index (χ1v) is 7.62. The van der Waals surface area contributed by atoms with E-state index in [1.807, 2.05) is 6.07 Å². The van der Waals surface area contributed by atoms with Gasteiger partial charge < -0.3 is 5.11 Å². The highest BCUT2D eigenvalue weighted by molar-refractivity contribution is 5.23. The molecule has 0 radical (unpaired) electrons. The van der Waals surface area contributed by atoms with Gasteiger partial charge in [0.2, 0.25) is 0 Å². The van der Waals surface area contributed by atoms with Crippen LogP contribution in [0.15, 0.2) is 24.3 Å². The monoisotopic (exact) mass is 264 g/mol. The molecule has 0 aromatic heterocycles. The fourth-order valence-corrected chi connectivity index (χ4v) is 3.19. The van der Waals surface area contributed by atoms with Gasteiger partial charge in [0.1, 0.15) is 5.82 Å². The van der Waals surface area contributed by atoms with Crippen LogP contribution in [0.25, 0.3) is 0 Å². The van der Waals surface area contributed by atoms with Crippen molar-refractivity contribution in [3.63, 3.8) is 0 Å². The molecule has 0 bridgehead atoms. The van der Waals surface area contributed by atoms with E-state index in [2.05, 4.69) is 6.92 Å². The van der Waals surface area contributed by atoms with Gasteiger partial charge in [-0.25, -0.2) is 4.39 Å². The molecule has 1 saturated carbocycles. The molecule has 0 spiro atoms. The third kappa shape index (κ3) is 3.79. The molecule has 0 atom stereocenters. The maximum atomic E-state index is 13.3. The van der Waals surface area contributed by atoms with E-state index in [1.54, 1.807) is 6.07 Å². The van der Waals surface area contributed by atoms with Crippen LogP contribution in [-0.2, 0) is 5.60 Å². The van der Waals surface area contributed by atoms with Gasteiger partial charge in [-0.05, 0) is 49.3 Å². The highest BCUT2D eigenvalue weighted by atomic mass is 19.1. The number of hydrogen-bond donors (Lipinski definition) is 1. The molecule has 0 aliphatic heterocycles. The van der Waals surface area contributed by atoms with E-state index in [4.69, 9.17) is 0 Å². The molecular formula is C17H25FO. The van der Waals surface area contributed by atoms with Gasteiger partial charge in [-0.2, -0.15) is 0 Å². The predicted octanol–water partition coefficient (Wildman–Crippen LogP) is 4.78. The molecule has 1 aromatic rings. The van der Waals surface area contributed by atoms with E-state index in [0.717, 1.165) is 37.2 Å². The van der Waals surface area contributed by atoms with E-state index < -0.39 is 5.60 Å². The lowest BCUT2D eigenvalue weighted by molar-refractivity contribution is -0.0156. The van der Waals surface area contributed by atoms with Crippen molar-refractivity contribution < 1.29 is 9.50 Å². The van der Waals surface area contributed by atoms with E-state index in [9.17, 15) is 9.50 Å². The summed E-state index contributed by atoms with van der Waals surface area (Å²) in [6.07, 6.45) is 8.84. The highest BCUT2D eigenvalue weighted by Gasteiger charge is 2.34. The van der Waals surface area contributed by atoms with E-state index in [-0.39, 0.29) is 5.82 Å². The molecule has 0 heterocycles. The Balaban J connectivity index is 1.91. The Kier molecular flexibility index (Phi) is 4.98. The summed E-state index contributed by atoms with van der Waals surface area (Å²) in [5.74, 6) is 0.497. The van der Waals surface area contributed by atoms with Crippen LogP contribution in [0.4, 0.5) is 4.39 Å². The molecule has 1 N–H and O–H groups in total. The van der Waals surface area contributed by atoms with Gasteiger partial charge in [0.15, 0.2) is 0 Å². The van der Waals surface area contributed by atoms with Crippen LogP contribution in [0.3, 0.4) is 0 Å². The third-order valence-electron chi connectivity index (χ3n) is 4.51. The van der Waals surface area contributed by atoms with E-state index >= 15 is 0 Å². The number of rotatable bonds is 5. The Hall–Kier alpha value is -0.890. The largest absolute Gasteiger partial charge is 0.385 e. The minimum Gasteiger partial charge on any atom is -0.385 e. The van der Waals surface area contributed by atoms with Crippen LogP contribution in [0.2, 0.25) is 0 Å². The van der Waals surface area contributed by atoms with E-state index in [1.165, 1.54) is 37.8 Å². The molecule has 0 amide bonds. The molecular weight excluding hydrogens is 239 g/mol. The summed E-state index contributed by atoms with van der Waals surface area (Å²) in [5.41, 5.74) is -0.0527. The third-order valence-corrected chi connectivity index (χ3v) is 4.51. The molecule has 0 unspecified atom stereocenters. The van der Waals surface area contributed by atoms with Gasteiger partial charge in [0.05, 0.1) is 5.60 Å². The normalized spacial score (nSPS) is 27.4. The number of unbranched alkanes of at least 4 members (excludes halogenated alkanes) is 2. The second-order valence-electron chi connectivity index (χ2n) is 5.98. The Bertz CT molecular complexity index is 394. The Labute approximate surface area is 115 Å². The zero-order valence-electron chi connectivity index (χ0n) is 11.9. The van der Waals surface area contributed by atoms with Crippen molar-refractivity contribution in [3.8, 4) is 0 Å². The van der Waals surface area contributed by atoms with Crippen LogP contribution < -0.4 is 0 Å². The molecule has 106 valence electrons. The summed E-state index contributed by atoms with van der Waals surface area (Å²) < 4.78 is 13.3. The SMILES string of the molecule is CCCCCC1CCC(O)(c2cccc(F)c2)CC1. The maximum Gasteiger partial charge on any atom is 0.123 e. The zero-order valence-corrected chi connectivity index (χ0v) is 11.9. The summed E-state index contributed by atoms with van der Waals surface area (Å²) in [6.45, 7) is 2.23. The number of aliphatic hydroxyl groups is 1. The lowest BCUT2D eigenvalue weighted by Gasteiger charge is -2.36. The Morgan fingerprint density at radius 2 is 2.00 bits per heavy atom. The van der Waals surface area contributed by atoms with Gasteiger partial charge in [-0.1, -0.05) is 44.7 Å². The maximum absolute atomic E-state index is 13.3. The average molecular weight is 264 g/mol. The quantitative estimate of drug-likeness (QED) is 0.758. The van der Waals surface area contributed by atoms with Gasteiger partial charge in [-0.3, -0.25) is 0 Å². The summed E-state index contributed by atoms with van der Waals surface area (Å²) in [7, 11) is 0. The molecule has 1 aliphatic carbocycles. The Morgan fingerprint density at radius 1 is 1.26 bits per heavy atom. The van der Waals surface area contributed by atoms with Crippen LogP contribution >= 0.6 is 0 Å². The molecule has 19 heavy (non-hydrogen) atoms. The van der Waals surface area contributed by atoms with Crippen molar-refractivity contribution in [2.75, 3.05) is 0 Å². The van der Waals surface area contributed by atoms with Crippen molar-refractivity contribution >= 4 is 0 Å². The van der Waals surface area contributed by atoms with Gasteiger partial charge in [0, 0.05) is 0 Å². The van der Waals surface area contributed by atoms with Crippen LogP contribution in [0, 0.1) is 11.7 Å². The lowest BCUT2D eigenvalue weighted by atomic mass is 9.74. The van der Waals surface area contributed by atoms with Crippen molar-refractivity contribution in [2.24, 2.45) is 5.92 Å². The summed E-state index contributed by atoms with van der Waals surface area (Å²) >= 11 is 0. The van der Waals surface area contributed by atoms with Gasteiger partial charge in [-0.15, -0.1) is 0 Å². The molecule has 1 fully saturated rings. The molecule has 1 aliphatic rings. The zero-order chi connectivity index (χ0) is 13.7. The van der Waals surface area contributed by atoms with Crippen LogP contribution in [-0.4, -0.2) is 5.11 Å². The van der Waals surface area contributed by atoms with Gasteiger partial charge in [0.25, 0.3) is 0 Å². The average Bonchev–Trinajstić information content (AvgIpc) is 2.41. The molecule has 2 rings (SSSR count). The van der Waals surface area contributed by atoms with Crippen LogP contribution in [0.5, 0.6) is 0 Å².